The van der Waals surface area contributed by atoms with Gasteiger partial charge in [0.15, 0.2) is 11.5 Å². The first kappa shape index (κ1) is 23.1. The van der Waals surface area contributed by atoms with Gasteiger partial charge in [-0.3, -0.25) is 14.6 Å². The standard InChI is InChI=1S/C26H27N3O5/c1-32-23-9-8-21(16-24(23)33-2)26(31)29-13-11-28(12-14-29)25(30)20-6-3-7-22(15-20)34-18-19-5-4-10-27-17-19/h3-10,15-17H,11-14,18H2,1-2H3. The Morgan fingerprint density at radius 3 is 2.12 bits per heavy atom. The molecule has 0 bridgehead atoms. The average molecular weight is 462 g/mol. The highest BCUT2D eigenvalue weighted by molar-refractivity contribution is 5.96. The molecule has 0 radical (unpaired) electrons. The Balaban J connectivity index is 1.35. The molecule has 0 N–H and O–H groups in total. The summed E-state index contributed by atoms with van der Waals surface area (Å²) in [5.74, 6) is 1.52. The van der Waals surface area contributed by atoms with E-state index in [0.717, 1.165) is 5.56 Å². The third kappa shape index (κ3) is 5.28. The van der Waals surface area contributed by atoms with Crippen molar-refractivity contribution >= 4 is 11.8 Å². The number of piperazine rings is 1. The van der Waals surface area contributed by atoms with E-state index in [4.69, 9.17) is 14.2 Å². The summed E-state index contributed by atoms with van der Waals surface area (Å²) in [5.41, 5.74) is 2.04. The molecule has 1 aliphatic heterocycles. The highest BCUT2D eigenvalue weighted by Gasteiger charge is 2.26. The van der Waals surface area contributed by atoms with E-state index in [1.54, 1.807) is 59.6 Å². The molecule has 1 fully saturated rings. The van der Waals surface area contributed by atoms with Crippen LogP contribution in [0.1, 0.15) is 26.3 Å². The second kappa shape index (κ2) is 10.7. The van der Waals surface area contributed by atoms with Gasteiger partial charge in [0.1, 0.15) is 12.4 Å². The molecule has 2 heterocycles. The number of amides is 2. The van der Waals surface area contributed by atoms with Gasteiger partial charge in [-0.05, 0) is 42.5 Å². The largest absolute Gasteiger partial charge is 0.493 e. The molecular weight excluding hydrogens is 434 g/mol. The van der Waals surface area contributed by atoms with Crippen LogP contribution in [0.4, 0.5) is 0 Å². The van der Waals surface area contributed by atoms with Crippen LogP contribution in [-0.2, 0) is 6.61 Å². The summed E-state index contributed by atoms with van der Waals surface area (Å²) < 4.78 is 16.4. The summed E-state index contributed by atoms with van der Waals surface area (Å²) in [6.45, 7) is 2.20. The van der Waals surface area contributed by atoms with E-state index in [0.29, 0.717) is 61.2 Å². The summed E-state index contributed by atoms with van der Waals surface area (Å²) in [7, 11) is 3.09. The first-order valence-corrected chi connectivity index (χ1v) is 11.0. The van der Waals surface area contributed by atoms with Gasteiger partial charge in [0.25, 0.3) is 11.8 Å². The molecule has 8 nitrogen and oxygen atoms in total. The van der Waals surface area contributed by atoms with Crippen LogP contribution in [0.3, 0.4) is 0 Å². The zero-order valence-corrected chi connectivity index (χ0v) is 19.3. The fourth-order valence-electron chi connectivity index (χ4n) is 3.82. The maximum Gasteiger partial charge on any atom is 0.254 e. The zero-order valence-electron chi connectivity index (χ0n) is 19.3. The predicted octanol–water partition coefficient (Wildman–Crippen LogP) is 3.28. The van der Waals surface area contributed by atoms with Gasteiger partial charge in [-0.25, -0.2) is 0 Å². The summed E-state index contributed by atoms with van der Waals surface area (Å²) in [5, 5.41) is 0. The molecule has 34 heavy (non-hydrogen) atoms. The smallest absolute Gasteiger partial charge is 0.254 e. The maximum atomic E-state index is 13.1. The fraction of sp³-hybridized carbons (Fsp3) is 0.269. The van der Waals surface area contributed by atoms with Crippen LogP contribution in [-0.4, -0.2) is 67.0 Å². The van der Waals surface area contributed by atoms with Crippen molar-refractivity contribution in [2.45, 2.75) is 6.61 Å². The number of pyridine rings is 1. The van der Waals surface area contributed by atoms with Gasteiger partial charge in [-0.2, -0.15) is 0 Å². The highest BCUT2D eigenvalue weighted by Crippen LogP contribution is 2.28. The average Bonchev–Trinajstić information content (AvgIpc) is 2.91. The van der Waals surface area contributed by atoms with Crippen molar-refractivity contribution in [3.63, 3.8) is 0 Å². The van der Waals surface area contributed by atoms with Crippen LogP contribution in [0.15, 0.2) is 67.0 Å². The van der Waals surface area contributed by atoms with Crippen molar-refractivity contribution in [1.82, 2.24) is 14.8 Å². The van der Waals surface area contributed by atoms with Gasteiger partial charge in [-0.15, -0.1) is 0 Å². The Labute approximate surface area is 198 Å². The van der Waals surface area contributed by atoms with Crippen molar-refractivity contribution in [3.8, 4) is 17.2 Å². The summed E-state index contributed by atoms with van der Waals surface area (Å²) in [6, 6.07) is 16.1. The molecule has 1 saturated heterocycles. The minimum atomic E-state index is -0.0983. The van der Waals surface area contributed by atoms with E-state index in [2.05, 4.69) is 4.98 Å². The summed E-state index contributed by atoms with van der Waals surface area (Å²) >= 11 is 0. The molecule has 3 aromatic rings. The van der Waals surface area contributed by atoms with Crippen LogP contribution < -0.4 is 14.2 Å². The Hall–Kier alpha value is -4.07. The van der Waals surface area contributed by atoms with E-state index in [1.165, 1.54) is 7.11 Å². The van der Waals surface area contributed by atoms with Crippen molar-refractivity contribution in [1.29, 1.82) is 0 Å². The van der Waals surface area contributed by atoms with Crippen LogP contribution in [0.5, 0.6) is 17.2 Å². The summed E-state index contributed by atoms with van der Waals surface area (Å²) in [6.07, 6.45) is 3.46. The number of carbonyl (C=O) groups excluding carboxylic acids is 2. The van der Waals surface area contributed by atoms with Crippen molar-refractivity contribution in [2.75, 3.05) is 40.4 Å². The third-order valence-corrected chi connectivity index (χ3v) is 5.69. The van der Waals surface area contributed by atoms with E-state index in [9.17, 15) is 9.59 Å². The number of hydrogen-bond acceptors (Lipinski definition) is 6. The van der Waals surface area contributed by atoms with E-state index >= 15 is 0 Å². The molecule has 176 valence electrons. The zero-order chi connectivity index (χ0) is 23.9. The highest BCUT2D eigenvalue weighted by atomic mass is 16.5. The van der Waals surface area contributed by atoms with E-state index in [1.807, 2.05) is 24.3 Å². The predicted molar refractivity (Wildman–Crippen MR) is 126 cm³/mol. The molecule has 8 heteroatoms. The number of rotatable bonds is 7. The van der Waals surface area contributed by atoms with E-state index < -0.39 is 0 Å². The topological polar surface area (TPSA) is 81.2 Å². The first-order valence-electron chi connectivity index (χ1n) is 11.0. The molecular formula is C26H27N3O5. The Bertz CT molecular complexity index is 1140. The van der Waals surface area contributed by atoms with Crippen molar-refractivity contribution < 1.29 is 23.8 Å². The molecule has 4 rings (SSSR count). The molecule has 0 saturated carbocycles. The minimum absolute atomic E-state index is 0.0787. The number of carbonyl (C=O) groups is 2. The number of hydrogen-bond donors (Lipinski definition) is 0. The molecule has 0 aliphatic carbocycles. The van der Waals surface area contributed by atoms with Crippen molar-refractivity contribution in [2.24, 2.45) is 0 Å². The molecule has 0 atom stereocenters. The number of aromatic nitrogens is 1. The van der Waals surface area contributed by atoms with Crippen LogP contribution in [0, 0.1) is 0 Å². The lowest BCUT2D eigenvalue weighted by Crippen LogP contribution is -2.50. The fourth-order valence-corrected chi connectivity index (χ4v) is 3.82. The normalized spacial score (nSPS) is 13.4. The van der Waals surface area contributed by atoms with Crippen molar-refractivity contribution in [3.05, 3.63) is 83.7 Å². The van der Waals surface area contributed by atoms with Crippen LogP contribution >= 0.6 is 0 Å². The number of methoxy groups -OCH3 is 2. The SMILES string of the molecule is COc1ccc(C(=O)N2CCN(C(=O)c3cccc(OCc4cccnc4)c3)CC2)cc1OC. The van der Waals surface area contributed by atoms with Gasteiger partial charge >= 0.3 is 0 Å². The second-order valence-electron chi connectivity index (χ2n) is 7.83. The Morgan fingerprint density at radius 1 is 0.824 bits per heavy atom. The van der Waals surface area contributed by atoms with Crippen LogP contribution in [0.25, 0.3) is 0 Å². The van der Waals surface area contributed by atoms with Gasteiger partial charge in [-0.1, -0.05) is 12.1 Å². The molecule has 1 aromatic heterocycles. The monoisotopic (exact) mass is 461 g/mol. The number of nitrogens with zero attached hydrogens (tertiary/aromatic N) is 3. The number of ether oxygens (including phenoxy) is 3. The molecule has 2 amide bonds. The lowest BCUT2D eigenvalue weighted by molar-refractivity contribution is 0.0535. The lowest BCUT2D eigenvalue weighted by atomic mass is 10.1. The maximum absolute atomic E-state index is 13.1. The number of benzene rings is 2. The lowest BCUT2D eigenvalue weighted by Gasteiger charge is -2.35. The molecule has 0 spiro atoms. The quantitative estimate of drug-likeness (QED) is 0.537. The van der Waals surface area contributed by atoms with Gasteiger partial charge < -0.3 is 24.0 Å². The van der Waals surface area contributed by atoms with Crippen LogP contribution in [0.2, 0.25) is 0 Å². The molecule has 0 unspecified atom stereocenters. The first-order chi connectivity index (χ1) is 16.6. The minimum Gasteiger partial charge on any atom is -0.493 e. The Morgan fingerprint density at radius 2 is 1.50 bits per heavy atom. The Kier molecular flexibility index (Phi) is 7.27. The van der Waals surface area contributed by atoms with Gasteiger partial charge in [0.05, 0.1) is 14.2 Å². The molecule has 2 aromatic carbocycles. The second-order valence-corrected chi connectivity index (χ2v) is 7.83. The molecule has 1 aliphatic rings. The van der Waals surface area contributed by atoms with E-state index in [-0.39, 0.29) is 11.8 Å². The third-order valence-electron chi connectivity index (χ3n) is 5.69. The van der Waals surface area contributed by atoms with Gasteiger partial charge in [0, 0.05) is 55.3 Å². The van der Waals surface area contributed by atoms with Gasteiger partial charge in [0.2, 0.25) is 0 Å². The summed E-state index contributed by atoms with van der Waals surface area (Å²) in [4.78, 5) is 33.6.